The van der Waals surface area contributed by atoms with Crippen molar-refractivity contribution in [1.29, 1.82) is 0 Å². The van der Waals surface area contributed by atoms with E-state index in [9.17, 15) is 9.59 Å². The molecule has 3 fully saturated rings. The molecule has 6 nitrogen and oxygen atoms in total. The van der Waals surface area contributed by atoms with Gasteiger partial charge in [0.1, 0.15) is 11.3 Å². The van der Waals surface area contributed by atoms with Gasteiger partial charge in [-0.1, -0.05) is 24.4 Å². The maximum absolute atomic E-state index is 13.2. The zero-order chi connectivity index (χ0) is 19.0. The van der Waals surface area contributed by atoms with E-state index in [1.807, 2.05) is 11.8 Å². The largest absolute Gasteiger partial charge is 0.361 e. The number of hydrogen-bond donors (Lipinski definition) is 1. The van der Waals surface area contributed by atoms with Gasteiger partial charge < -0.3 is 14.7 Å². The Morgan fingerprint density at radius 1 is 1.22 bits per heavy atom. The SMILES string of the molecule is Cc1noc(C)c1C(=O)N1CC(CCC(=O)NC2CC2)C2(CCCCC2)C1. The van der Waals surface area contributed by atoms with Gasteiger partial charge in [0.05, 0.1) is 5.69 Å². The van der Waals surface area contributed by atoms with Gasteiger partial charge in [-0.15, -0.1) is 0 Å². The molecule has 0 radical (unpaired) electrons. The first-order valence-electron chi connectivity index (χ1n) is 10.5. The number of likely N-dealkylation sites (tertiary alicyclic amines) is 1. The predicted molar refractivity (Wildman–Crippen MR) is 101 cm³/mol. The van der Waals surface area contributed by atoms with Crippen molar-refractivity contribution in [2.45, 2.75) is 77.7 Å². The Balaban J connectivity index is 1.47. The number of hydrogen-bond acceptors (Lipinski definition) is 4. The summed E-state index contributed by atoms with van der Waals surface area (Å²) in [6.45, 7) is 5.19. The molecule has 2 heterocycles. The number of aryl methyl sites for hydroxylation is 2. The lowest BCUT2D eigenvalue weighted by atomic mass is 9.66. The maximum atomic E-state index is 13.2. The second kappa shape index (κ2) is 7.28. The molecule has 148 valence electrons. The van der Waals surface area contributed by atoms with Crippen molar-refractivity contribution in [1.82, 2.24) is 15.4 Å². The molecule has 1 aliphatic heterocycles. The van der Waals surface area contributed by atoms with Crippen LogP contribution < -0.4 is 5.32 Å². The zero-order valence-corrected chi connectivity index (χ0v) is 16.6. The van der Waals surface area contributed by atoms with Crippen molar-refractivity contribution in [3.05, 3.63) is 17.0 Å². The van der Waals surface area contributed by atoms with Crippen LogP contribution in [0.5, 0.6) is 0 Å². The van der Waals surface area contributed by atoms with E-state index in [4.69, 9.17) is 4.52 Å². The van der Waals surface area contributed by atoms with Crippen LogP contribution in [0.25, 0.3) is 0 Å². The summed E-state index contributed by atoms with van der Waals surface area (Å²) in [5.74, 6) is 1.23. The Bertz CT molecular complexity index is 697. The summed E-state index contributed by atoms with van der Waals surface area (Å²) in [5.41, 5.74) is 1.47. The van der Waals surface area contributed by atoms with E-state index in [1.165, 1.54) is 32.1 Å². The van der Waals surface area contributed by atoms with Crippen LogP contribution in [0.4, 0.5) is 0 Å². The minimum atomic E-state index is 0.0427. The molecule has 6 heteroatoms. The molecule has 3 aliphatic rings. The third kappa shape index (κ3) is 3.76. The first-order valence-corrected chi connectivity index (χ1v) is 10.5. The summed E-state index contributed by atoms with van der Waals surface area (Å²) in [5, 5.41) is 7.05. The molecule has 1 N–H and O–H groups in total. The molecule has 2 aliphatic carbocycles. The number of aromatic nitrogens is 1. The Hall–Kier alpha value is -1.85. The molecule has 1 aromatic rings. The van der Waals surface area contributed by atoms with Crippen LogP contribution in [-0.4, -0.2) is 41.0 Å². The number of carbonyl (C=O) groups excluding carboxylic acids is 2. The van der Waals surface area contributed by atoms with Crippen LogP contribution in [0, 0.1) is 25.2 Å². The number of nitrogens with one attached hydrogen (secondary N) is 1. The van der Waals surface area contributed by atoms with Crippen molar-refractivity contribution in [2.75, 3.05) is 13.1 Å². The highest BCUT2D eigenvalue weighted by atomic mass is 16.5. The van der Waals surface area contributed by atoms with E-state index in [2.05, 4.69) is 10.5 Å². The minimum Gasteiger partial charge on any atom is -0.361 e. The Morgan fingerprint density at radius 3 is 2.59 bits per heavy atom. The number of nitrogens with zero attached hydrogens (tertiary/aromatic N) is 2. The van der Waals surface area contributed by atoms with Crippen LogP contribution in [0.15, 0.2) is 4.52 Å². The third-order valence-electron chi connectivity index (χ3n) is 6.86. The zero-order valence-electron chi connectivity index (χ0n) is 16.6. The van der Waals surface area contributed by atoms with Crippen LogP contribution in [0.3, 0.4) is 0 Å². The molecule has 1 unspecified atom stereocenters. The van der Waals surface area contributed by atoms with Crippen molar-refractivity contribution < 1.29 is 14.1 Å². The summed E-state index contributed by atoms with van der Waals surface area (Å²) in [7, 11) is 0. The molecule has 1 aromatic heterocycles. The Morgan fingerprint density at radius 2 is 1.96 bits per heavy atom. The van der Waals surface area contributed by atoms with Crippen molar-refractivity contribution >= 4 is 11.8 Å². The summed E-state index contributed by atoms with van der Waals surface area (Å²) >= 11 is 0. The lowest BCUT2D eigenvalue weighted by Crippen LogP contribution is -2.35. The summed E-state index contributed by atoms with van der Waals surface area (Å²) < 4.78 is 5.21. The van der Waals surface area contributed by atoms with Gasteiger partial charge in [-0.2, -0.15) is 0 Å². The summed E-state index contributed by atoms with van der Waals surface area (Å²) in [6.07, 6.45) is 9.81. The average Bonchev–Trinajstić information content (AvgIpc) is 3.31. The number of rotatable bonds is 5. The summed E-state index contributed by atoms with van der Waals surface area (Å²) in [4.78, 5) is 27.4. The highest BCUT2D eigenvalue weighted by Gasteiger charge is 2.48. The van der Waals surface area contributed by atoms with Crippen LogP contribution in [-0.2, 0) is 4.79 Å². The molecule has 1 saturated heterocycles. The quantitative estimate of drug-likeness (QED) is 0.858. The average molecular weight is 373 g/mol. The topological polar surface area (TPSA) is 75.4 Å². The maximum Gasteiger partial charge on any atom is 0.259 e. The van der Waals surface area contributed by atoms with Gasteiger partial charge in [0.15, 0.2) is 0 Å². The molecule has 2 amide bonds. The lowest BCUT2D eigenvalue weighted by Gasteiger charge is -2.38. The van der Waals surface area contributed by atoms with Crippen LogP contribution >= 0.6 is 0 Å². The molecule has 4 rings (SSSR count). The predicted octanol–water partition coefficient (Wildman–Crippen LogP) is 3.37. The molecule has 0 bridgehead atoms. The molecular formula is C21H31N3O3. The van der Waals surface area contributed by atoms with Crippen molar-refractivity contribution in [2.24, 2.45) is 11.3 Å². The molecule has 1 spiro atoms. The van der Waals surface area contributed by atoms with E-state index < -0.39 is 0 Å². The van der Waals surface area contributed by atoms with E-state index in [0.29, 0.717) is 35.4 Å². The van der Waals surface area contributed by atoms with E-state index in [-0.39, 0.29) is 17.2 Å². The van der Waals surface area contributed by atoms with Gasteiger partial charge in [-0.25, -0.2) is 0 Å². The second-order valence-electron chi connectivity index (χ2n) is 8.89. The third-order valence-corrected chi connectivity index (χ3v) is 6.86. The first-order chi connectivity index (χ1) is 13.0. The number of amides is 2. The van der Waals surface area contributed by atoms with Gasteiger partial charge in [-0.3, -0.25) is 9.59 Å². The van der Waals surface area contributed by atoms with Gasteiger partial charge in [0.25, 0.3) is 5.91 Å². The minimum absolute atomic E-state index is 0.0427. The van der Waals surface area contributed by atoms with E-state index in [0.717, 1.165) is 32.4 Å². The fourth-order valence-electron chi connectivity index (χ4n) is 5.19. The van der Waals surface area contributed by atoms with E-state index >= 15 is 0 Å². The highest BCUT2D eigenvalue weighted by Crippen LogP contribution is 2.49. The molecule has 0 aromatic carbocycles. The standard InChI is InChI=1S/C21H31N3O3/c1-14-19(15(2)27-23-14)20(26)24-12-16(6-9-18(25)22-17-7-8-17)21(13-24)10-4-3-5-11-21/h16-17H,3-13H2,1-2H3,(H,22,25). The smallest absolute Gasteiger partial charge is 0.259 e. The molecule has 1 atom stereocenters. The van der Waals surface area contributed by atoms with E-state index in [1.54, 1.807) is 6.92 Å². The highest BCUT2D eigenvalue weighted by molar-refractivity contribution is 5.96. The first kappa shape index (κ1) is 18.5. The fourth-order valence-corrected chi connectivity index (χ4v) is 5.19. The fraction of sp³-hybridized carbons (Fsp3) is 0.762. The molecule has 2 saturated carbocycles. The van der Waals surface area contributed by atoms with Crippen LogP contribution in [0.2, 0.25) is 0 Å². The molecule has 27 heavy (non-hydrogen) atoms. The second-order valence-corrected chi connectivity index (χ2v) is 8.89. The van der Waals surface area contributed by atoms with Crippen molar-refractivity contribution in [3.63, 3.8) is 0 Å². The number of carbonyl (C=O) groups is 2. The Labute approximate surface area is 161 Å². The lowest BCUT2D eigenvalue weighted by molar-refractivity contribution is -0.121. The molecular weight excluding hydrogens is 342 g/mol. The van der Waals surface area contributed by atoms with Crippen molar-refractivity contribution in [3.8, 4) is 0 Å². The van der Waals surface area contributed by atoms with Gasteiger partial charge in [-0.05, 0) is 57.3 Å². The summed E-state index contributed by atoms with van der Waals surface area (Å²) in [6, 6.07) is 0.419. The monoisotopic (exact) mass is 373 g/mol. The van der Waals surface area contributed by atoms with Gasteiger partial charge >= 0.3 is 0 Å². The van der Waals surface area contributed by atoms with Crippen LogP contribution in [0.1, 0.15) is 79.6 Å². The Kier molecular flexibility index (Phi) is 4.99. The van der Waals surface area contributed by atoms with Gasteiger partial charge in [0.2, 0.25) is 5.91 Å². The normalized spacial score (nSPS) is 24.4. The van der Waals surface area contributed by atoms with Gasteiger partial charge in [0, 0.05) is 25.6 Å².